The van der Waals surface area contributed by atoms with Gasteiger partial charge in [-0.25, -0.2) is 9.37 Å². The number of halogens is 1. The topological polar surface area (TPSA) is 76.8 Å². The summed E-state index contributed by atoms with van der Waals surface area (Å²) in [5, 5.41) is 6.82. The molecule has 3 aromatic rings. The van der Waals surface area contributed by atoms with Gasteiger partial charge in [0.1, 0.15) is 17.4 Å². The molecule has 0 fully saturated rings. The highest BCUT2D eigenvalue weighted by Crippen LogP contribution is 2.23. The summed E-state index contributed by atoms with van der Waals surface area (Å²) in [7, 11) is 1.60. The van der Waals surface area contributed by atoms with Crippen LogP contribution in [0, 0.1) is 5.82 Å². The molecule has 2 aromatic carbocycles. The van der Waals surface area contributed by atoms with Crippen LogP contribution in [-0.4, -0.2) is 22.3 Å². The predicted octanol–water partition coefficient (Wildman–Crippen LogP) is 2.67. The van der Waals surface area contributed by atoms with Crippen molar-refractivity contribution in [1.82, 2.24) is 15.2 Å². The Kier molecular flexibility index (Phi) is 3.84. The number of hydrogen-bond acceptors (Lipinski definition) is 4. The molecule has 3 rings (SSSR count). The molecule has 0 spiro atoms. The van der Waals surface area contributed by atoms with E-state index in [0.29, 0.717) is 11.4 Å². The maximum atomic E-state index is 13.8. The van der Waals surface area contributed by atoms with E-state index in [9.17, 15) is 4.39 Å². The zero-order chi connectivity index (χ0) is 15.5. The lowest BCUT2D eigenvalue weighted by Gasteiger charge is -2.09. The fourth-order valence-corrected chi connectivity index (χ4v) is 2.15. The van der Waals surface area contributed by atoms with Crippen LogP contribution >= 0.6 is 0 Å². The predicted molar refractivity (Wildman–Crippen MR) is 80.8 cm³/mol. The van der Waals surface area contributed by atoms with E-state index in [0.717, 1.165) is 11.3 Å². The molecule has 6 heteroatoms. The van der Waals surface area contributed by atoms with Crippen molar-refractivity contribution in [3.63, 3.8) is 0 Å². The Morgan fingerprint density at radius 1 is 1.14 bits per heavy atom. The number of hydrogen-bond donors (Lipinski definition) is 2. The number of ether oxygens (including phenoxy) is 1. The molecular formula is C16H15FN4O. The summed E-state index contributed by atoms with van der Waals surface area (Å²) >= 11 is 0. The van der Waals surface area contributed by atoms with E-state index in [1.165, 1.54) is 6.07 Å². The molecule has 1 aromatic heterocycles. The quantitative estimate of drug-likeness (QED) is 0.776. The van der Waals surface area contributed by atoms with Gasteiger partial charge in [-0.2, -0.15) is 5.10 Å². The molecule has 5 nitrogen and oxygen atoms in total. The molecule has 0 saturated heterocycles. The summed E-state index contributed by atoms with van der Waals surface area (Å²) in [4.78, 5) is 4.30. The van der Waals surface area contributed by atoms with E-state index in [1.54, 1.807) is 25.3 Å². The average Bonchev–Trinajstić information content (AvgIpc) is 3.04. The number of methoxy groups -OCH3 is 1. The zero-order valence-corrected chi connectivity index (χ0v) is 12.0. The third-order valence-electron chi connectivity index (χ3n) is 3.39. The van der Waals surface area contributed by atoms with Gasteiger partial charge in [0.15, 0.2) is 5.82 Å². The van der Waals surface area contributed by atoms with Gasteiger partial charge in [0.25, 0.3) is 0 Å². The summed E-state index contributed by atoms with van der Waals surface area (Å²) in [6.07, 6.45) is 0. The molecule has 1 atom stereocenters. The highest BCUT2D eigenvalue weighted by atomic mass is 19.1. The molecule has 0 radical (unpaired) electrons. The molecule has 0 aliphatic carbocycles. The maximum Gasteiger partial charge on any atom is 0.184 e. The average molecular weight is 298 g/mol. The van der Waals surface area contributed by atoms with Crippen molar-refractivity contribution in [2.45, 2.75) is 6.04 Å². The molecule has 0 amide bonds. The third-order valence-corrected chi connectivity index (χ3v) is 3.39. The number of aromatic amines is 1. The lowest BCUT2D eigenvalue weighted by atomic mass is 10.1. The van der Waals surface area contributed by atoms with Crippen LogP contribution in [0.4, 0.5) is 4.39 Å². The normalized spacial score (nSPS) is 12.1. The second kappa shape index (κ2) is 5.95. The Morgan fingerprint density at radius 3 is 2.55 bits per heavy atom. The summed E-state index contributed by atoms with van der Waals surface area (Å²) in [5.41, 5.74) is 7.37. The fraction of sp³-hybridized carbons (Fsp3) is 0.125. The largest absolute Gasteiger partial charge is 0.497 e. The van der Waals surface area contributed by atoms with E-state index >= 15 is 0 Å². The Morgan fingerprint density at radius 2 is 1.86 bits per heavy atom. The molecule has 22 heavy (non-hydrogen) atoms. The van der Waals surface area contributed by atoms with Crippen molar-refractivity contribution >= 4 is 0 Å². The number of H-pyrrole nitrogens is 1. The molecule has 1 heterocycles. The van der Waals surface area contributed by atoms with Gasteiger partial charge in [0.05, 0.1) is 18.7 Å². The molecule has 112 valence electrons. The molecule has 1 unspecified atom stereocenters. The van der Waals surface area contributed by atoms with Gasteiger partial charge in [-0.3, -0.25) is 5.10 Å². The Bertz CT molecular complexity index is 770. The third kappa shape index (κ3) is 2.68. The SMILES string of the molecule is COc1ccc(C(N)c2nc(-c3ccccc3F)n[nH]2)cc1. The number of nitrogens with zero attached hydrogens (tertiary/aromatic N) is 2. The maximum absolute atomic E-state index is 13.8. The van der Waals surface area contributed by atoms with Crippen molar-refractivity contribution < 1.29 is 9.13 Å². The first-order valence-electron chi connectivity index (χ1n) is 6.76. The van der Waals surface area contributed by atoms with Crippen LogP contribution in [0.5, 0.6) is 5.75 Å². The minimum absolute atomic E-state index is 0.289. The van der Waals surface area contributed by atoms with Gasteiger partial charge in [-0.1, -0.05) is 24.3 Å². The number of nitrogens with two attached hydrogens (primary N) is 1. The van der Waals surface area contributed by atoms with E-state index < -0.39 is 6.04 Å². The van der Waals surface area contributed by atoms with Gasteiger partial charge >= 0.3 is 0 Å². The minimum atomic E-state index is -0.473. The fourth-order valence-electron chi connectivity index (χ4n) is 2.15. The Balaban J connectivity index is 1.88. The van der Waals surface area contributed by atoms with Crippen LogP contribution in [0.3, 0.4) is 0 Å². The molecule has 0 aliphatic heterocycles. The van der Waals surface area contributed by atoms with Crippen molar-refractivity contribution in [2.24, 2.45) is 5.73 Å². The van der Waals surface area contributed by atoms with Crippen molar-refractivity contribution in [1.29, 1.82) is 0 Å². The Hall–Kier alpha value is -2.73. The van der Waals surface area contributed by atoms with Crippen LogP contribution in [0.15, 0.2) is 48.5 Å². The van der Waals surface area contributed by atoms with Crippen LogP contribution in [0.1, 0.15) is 17.4 Å². The minimum Gasteiger partial charge on any atom is -0.497 e. The summed E-state index contributed by atoms with van der Waals surface area (Å²) < 4.78 is 18.9. The second-order valence-electron chi connectivity index (χ2n) is 4.77. The first-order valence-corrected chi connectivity index (χ1v) is 6.76. The Labute approximate surface area is 127 Å². The highest BCUT2D eigenvalue weighted by molar-refractivity contribution is 5.55. The summed E-state index contributed by atoms with van der Waals surface area (Å²) in [6.45, 7) is 0. The molecule has 0 bridgehead atoms. The van der Waals surface area contributed by atoms with Crippen LogP contribution in [0.25, 0.3) is 11.4 Å². The number of rotatable bonds is 4. The summed E-state index contributed by atoms with van der Waals surface area (Å²) in [5.74, 6) is 1.15. The first-order chi connectivity index (χ1) is 10.7. The second-order valence-corrected chi connectivity index (χ2v) is 4.77. The van der Waals surface area contributed by atoms with E-state index in [-0.39, 0.29) is 11.6 Å². The number of benzene rings is 2. The molecule has 0 saturated carbocycles. The van der Waals surface area contributed by atoms with Crippen LogP contribution in [-0.2, 0) is 0 Å². The molecular weight excluding hydrogens is 283 g/mol. The van der Waals surface area contributed by atoms with Crippen molar-refractivity contribution in [2.75, 3.05) is 7.11 Å². The standard InChI is InChI=1S/C16H15FN4O/c1-22-11-8-6-10(7-9-11)14(18)16-19-15(20-21-16)12-4-2-3-5-13(12)17/h2-9,14H,18H2,1H3,(H,19,20,21). The van der Waals surface area contributed by atoms with Gasteiger partial charge in [-0.15, -0.1) is 0 Å². The van der Waals surface area contributed by atoms with E-state index in [2.05, 4.69) is 15.2 Å². The van der Waals surface area contributed by atoms with E-state index in [1.807, 2.05) is 24.3 Å². The lowest BCUT2D eigenvalue weighted by molar-refractivity contribution is 0.414. The van der Waals surface area contributed by atoms with Gasteiger partial charge < -0.3 is 10.5 Å². The number of aromatic nitrogens is 3. The molecule has 3 N–H and O–H groups in total. The van der Waals surface area contributed by atoms with Gasteiger partial charge in [0.2, 0.25) is 0 Å². The van der Waals surface area contributed by atoms with Gasteiger partial charge in [0, 0.05) is 0 Å². The van der Waals surface area contributed by atoms with Crippen LogP contribution < -0.4 is 10.5 Å². The first kappa shape index (κ1) is 14.2. The van der Waals surface area contributed by atoms with Crippen LogP contribution in [0.2, 0.25) is 0 Å². The van der Waals surface area contributed by atoms with Gasteiger partial charge in [-0.05, 0) is 29.8 Å². The van der Waals surface area contributed by atoms with E-state index in [4.69, 9.17) is 10.5 Å². The lowest BCUT2D eigenvalue weighted by Crippen LogP contribution is -2.13. The van der Waals surface area contributed by atoms with Crippen molar-refractivity contribution in [3.05, 3.63) is 65.7 Å². The van der Waals surface area contributed by atoms with Crippen molar-refractivity contribution in [3.8, 4) is 17.1 Å². The highest BCUT2D eigenvalue weighted by Gasteiger charge is 2.16. The monoisotopic (exact) mass is 298 g/mol. The number of nitrogens with one attached hydrogen (secondary N) is 1. The zero-order valence-electron chi connectivity index (χ0n) is 12.0. The smallest absolute Gasteiger partial charge is 0.184 e. The molecule has 0 aliphatic rings. The summed E-state index contributed by atoms with van der Waals surface area (Å²) in [6, 6.07) is 13.2.